The molecule has 266 valence electrons. The first-order valence-electron chi connectivity index (χ1n) is 17.8. The predicted molar refractivity (Wildman–Crippen MR) is 217 cm³/mol. The van der Waals surface area contributed by atoms with Crippen molar-refractivity contribution >= 4 is 57.6 Å². The number of unbranched alkanes of at least 4 members (excludes halogenated alkanes) is 2. The fourth-order valence-electron chi connectivity index (χ4n) is 7.04. The molecule has 0 amide bonds. The Labute approximate surface area is 312 Å². The van der Waals surface area contributed by atoms with Crippen LogP contribution in [0.3, 0.4) is 0 Å². The van der Waals surface area contributed by atoms with Gasteiger partial charge in [0.15, 0.2) is 0 Å². The van der Waals surface area contributed by atoms with Crippen molar-refractivity contribution in [3.63, 3.8) is 0 Å². The molecule has 0 unspecified atom stereocenters. The van der Waals surface area contributed by atoms with Crippen molar-refractivity contribution in [3.8, 4) is 5.75 Å². The van der Waals surface area contributed by atoms with E-state index in [0.29, 0.717) is 34.2 Å². The third kappa shape index (κ3) is 7.87. The summed E-state index contributed by atoms with van der Waals surface area (Å²) in [6.45, 7) is 8.63. The number of halogens is 1. The third-order valence-corrected chi connectivity index (χ3v) is 14.8. The number of carbonyl (C=O) groups is 2. The molecule has 0 atom stereocenters. The first-order chi connectivity index (χ1) is 25.1. The first kappa shape index (κ1) is 37.1. The minimum Gasteiger partial charge on any atom is -0.497 e. The fraction of sp³-hybridized carbons (Fsp3) is 0.244. The molecule has 6 aromatic rings. The molecule has 1 aromatic heterocycles. The minimum absolute atomic E-state index is 0.0549. The Hall–Kier alpha value is -4.70. The van der Waals surface area contributed by atoms with Crippen molar-refractivity contribution in [2.24, 2.45) is 0 Å². The van der Waals surface area contributed by atoms with Crippen LogP contribution in [0, 0.1) is 27.7 Å². The van der Waals surface area contributed by atoms with Gasteiger partial charge in [0.05, 0.1) is 31.8 Å². The van der Waals surface area contributed by atoms with Crippen molar-refractivity contribution in [1.82, 2.24) is 4.57 Å². The molecule has 6 rings (SSSR count). The van der Waals surface area contributed by atoms with E-state index in [4.69, 9.17) is 21.1 Å². The molecule has 0 fully saturated rings. The van der Waals surface area contributed by atoms with Crippen LogP contribution in [0.5, 0.6) is 5.75 Å². The quantitative estimate of drug-likeness (QED) is 0.0675. The topological polar surface area (TPSA) is 57.5 Å². The van der Waals surface area contributed by atoms with Gasteiger partial charge in [0.25, 0.3) is 5.91 Å². The maximum absolute atomic E-state index is 13.7. The number of nitrogens with zero attached hydrogens (tertiary/aromatic N) is 1. The highest BCUT2D eigenvalue weighted by atomic mass is 35.5. The number of rotatable bonds is 13. The molecule has 0 radical (unpaired) electrons. The number of benzene rings is 5. The van der Waals surface area contributed by atoms with Crippen LogP contribution in [0.2, 0.25) is 5.02 Å². The molecule has 7 heteroatoms. The summed E-state index contributed by atoms with van der Waals surface area (Å²) in [5, 5.41) is 5.51. The summed E-state index contributed by atoms with van der Waals surface area (Å²) in [5.41, 5.74) is 6.43. The normalized spacial score (nSPS) is 11.5. The SMILES string of the molecule is COc1ccc2c(c1)c(CC(=O)OCCCCC[P+](c1ccc(C)cc1)(c1ccc(C)cc1)c1ccc(C)cc1)c(C)n2C(=O)c1ccc(Cl)cc1. The molecule has 0 saturated carbocycles. The molecule has 0 aliphatic carbocycles. The fourth-order valence-corrected chi connectivity index (χ4v) is 11.5. The Morgan fingerprint density at radius 3 is 1.73 bits per heavy atom. The van der Waals surface area contributed by atoms with Crippen LogP contribution in [-0.4, -0.2) is 36.3 Å². The van der Waals surface area contributed by atoms with Crippen molar-refractivity contribution in [1.29, 1.82) is 0 Å². The van der Waals surface area contributed by atoms with Crippen LogP contribution in [0.1, 0.15) is 57.6 Å². The molecule has 0 N–H and O–H groups in total. The Bertz CT molecular complexity index is 2060. The van der Waals surface area contributed by atoms with E-state index in [0.717, 1.165) is 36.4 Å². The van der Waals surface area contributed by atoms with Crippen molar-refractivity contribution in [2.75, 3.05) is 19.9 Å². The summed E-state index contributed by atoms with van der Waals surface area (Å²) in [6, 6.07) is 39.7. The Morgan fingerprint density at radius 2 is 1.21 bits per heavy atom. The van der Waals surface area contributed by atoms with Gasteiger partial charge in [0.1, 0.15) is 28.9 Å². The lowest BCUT2D eigenvalue weighted by Gasteiger charge is -2.28. The van der Waals surface area contributed by atoms with Gasteiger partial charge in [-0.2, -0.15) is 0 Å². The van der Waals surface area contributed by atoms with Crippen molar-refractivity contribution in [3.05, 3.63) is 154 Å². The second-order valence-corrected chi connectivity index (χ2v) is 17.6. The number of methoxy groups -OCH3 is 1. The van der Waals surface area contributed by atoms with Gasteiger partial charge in [-0.3, -0.25) is 14.2 Å². The van der Waals surface area contributed by atoms with Crippen LogP contribution in [-0.2, 0) is 16.0 Å². The van der Waals surface area contributed by atoms with Crippen molar-refractivity contribution in [2.45, 2.75) is 53.4 Å². The summed E-state index contributed by atoms with van der Waals surface area (Å²) in [6.07, 6.45) is 3.78. The smallest absolute Gasteiger partial charge is 0.310 e. The molecule has 5 aromatic carbocycles. The molecule has 0 aliphatic rings. The lowest BCUT2D eigenvalue weighted by molar-refractivity contribution is -0.142. The van der Waals surface area contributed by atoms with E-state index in [1.54, 1.807) is 35.9 Å². The van der Waals surface area contributed by atoms with Gasteiger partial charge >= 0.3 is 5.97 Å². The maximum Gasteiger partial charge on any atom is 0.310 e. The third-order valence-electron chi connectivity index (χ3n) is 9.98. The molecule has 0 bridgehead atoms. The number of esters is 1. The van der Waals surface area contributed by atoms with Gasteiger partial charge in [0, 0.05) is 21.7 Å². The molecular weight excluding hydrogens is 685 g/mol. The number of hydrogen-bond donors (Lipinski definition) is 0. The molecule has 52 heavy (non-hydrogen) atoms. The Morgan fingerprint density at radius 1 is 0.673 bits per heavy atom. The zero-order chi connectivity index (χ0) is 36.8. The van der Waals surface area contributed by atoms with Crippen LogP contribution in [0.4, 0.5) is 0 Å². The first-order valence-corrected chi connectivity index (χ1v) is 20.2. The van der Waals surface area contributed by atoms with Crippen LogP contribution in [0.25, 0.3) is 10.9 Å². The van der Waals surface area contributed by atoms with Crippen LogP contribution >= 0.6 is 18.9 Å². The summed E-state index contributed by atoms with van der Waals surface area (Å²) in [5.74, 6) is 0.147. The largest absolute Gasteiger partial charge is 0.497 e. The number of ether oxygens (including phenoxy) is 2. The summed E-state index contributed by atoms with van der Waals surface area (Å²) in [7, 11) is -0.344. The van der Waals surface area contributed by atoms with E-state index < -0.39 is 7.26 Å². The van der Waals surface area contributed by atoms with Gasteiger partial charge in [-0.1, -0.05) is 64.7 Å². The lowest BCUT2D eigenvalue weighted by Crippen LogP contribution is -2.33. The second-order valence-electron chi connectivity index (χ2n) is 13.6. The van der Waals surface area contributed by atoms with Gasteiger partial charge in [-0.15, -0.1) is 0 Å². The zero-order valence-electron chi connectivity index (χ0n) is 30.6. The predicted octanol–water partition coefficient (Wildman–Crippen LogP) is 9.48. The second kappa shape index (κ2) is 16.3. The van der Waals surface area contributed by atoms with Crippen LogP contribution < -0.4 is 20.7 Å². The van der Waals surface area contributed by atoms with Crippen LogP contribution in [0.15, 0.2) is 115 Å². The van der Waals surface area contributed by atoms with E-state index in [1.807, 2.05) is 25.1 Å². The van der Waals surface area contributed by atoms with E-state index in [-0.39, 0.29) is 18.3 Å². The highest BCUT2D eigenvalue weighted by molar-refractivity contribution is 7.95. The molecule has 5 nitrogen and oxygen atoms in total. The van der Waals surface area contributed by atoms with E-state index >= 15 is 0 Å². The highest BCUT2D eigenvalue weighted by Gasteiger charge is 2.44. The Balaban J connectivity index is 1.16. The zero-order valence-corrected chi connectivity index (χ0v) is 32.3. The van der Waals surface area contributed by atoms with E-state index in [1.165, 1.54) is 32.6 Å². The van der Waals surface area contributed by atoms with Gasteiger partial charge in [-0.05, 0) is 131 Å². The standard InChI is InChI=1S/C45H46ClNO4P/c1-31-9-20-38(21-10-31)52(39-22-11-32(2)12-23-39,40-24-13-33(3)14-25-40)28-8-6-7-27-51-44(48)30-41-34(4)47(43-26-19-37(50-5)29-42(41)43)45(49)35-15-17-36(46)18-16-35/h9-26,29H,6-8,27-28,30H2,1-5H3/q+1. The molecule has 0 spiro atoms. The molecular formula is C45H46ClNO4P+. The summed E-state index contributed by atoms with van der Waals surface area (Å²) < 4.78 is 13.0. The highest BCUT2D eigenvalue weighted by Crippen LogP contribution is 2.56. The lowest BCUT2D eigenvalue weighted by atomic mass is 10.1. The Kier molecular flexibility index (Phi) is 11.6. The maximum atomic E-state index is 13.7. The molecule has 1 heterocycles. The number of carbonyl (C=O) groups excluding carboxylic acids is 2. The van der Waals surface area contributed by atoms with Gasteiger partial charge in [-0.25, -0.2) is 0 Å². The average Bonchev–Trinajstić information content (AvgIpc) is 3.42. The number of hydrogen-bond acceptors (Lipinski definition) is 4. The van der Waals surface area contributed by atoms with Gasteiger partial charge in [0.2, 0.25) is 0 Å². The van der Waals surface area contributed by atoms with Gasteiger partial charge < -0.3 is 9.47 Å². The summed E-state index contributed by atoms with van der Waals surface area (Å²) in [4.78, 5) is 27.0. The molecule has 0 saturated heterocycles. The minimum atomic E-state index is -1.95. The van der Waals surface area contributed by atoms with E-state index in [2.05, 4.69) is 93.6 Å². The van der Waals surface area contributed by atoms with Crippen molar-refractivity contribution < 1.29 is 19.1 Å². The number of aryl methyl sites for hydroxylation is 3. The monoisotopic (exact) mass is 730 g/mol. The summed E-state index contributed by atoms with van der Waals surface area (Å²) >= 11 is 6.08. The molecule has 0 aliphatic heterocycles. The number of fused-ring (bicyclic) bond motifs is 1. The average molecular weight is 731 g/mol. The number of aromatic nitrogens is 1. The van der Waals surface area contributed by atoms with E-state index in [9.17, 15) is 9.59 Å².